The van der Waals surface area contributed by atoms with Crippen LogP contribution in [0.1, 0.15) is 26.7 Å². The highest BCUT2D eigenvalue weighted by Crippen LogP contribution is 2.22. The van der Waals surface area contributed by atoms with Crippen LogP contribution in [-0.2, 0) is 4.74 Å². The van der Waals surface area contributed by atoms with Gasteiger partial charge in [0.15, 0.2) is 11.5 Å². The Balaban J connectivity index is 1.28. The number of unbranched alkanes of at least 4 members (excludes halogenated alkanes) is 1. The maximum absolute atomic E-state index is 12.3. The van der Waals surface area contributed by atoms with Crippen molar-refractivity contribution in [3.63, 3.8) is 0 Å². The third-order valence-electron chi connectivity index (χ3n) is 5.42. The molecule has 186 valence electrons. The predicted octanol–water partition coefficient (Wildman–Crippen LogP) is 3.79. The fraction of sp³-hybridized carbons (Fsp3) is 0.440. The number of aromatic nitrogens is 3. The molecule has 2 aromatic heterocycles. The van der Waals surface area contributed by atoms with Crippen LogP contribution in [-0.4, -0.2) is 71.4 Å². The van der Waals surface area contributed by atoms with E-state index in [1.165, 1.54) is 0 Å². The van der Waals surface area contributed by atoms with Gasteiger partial charge in [-0.3, -0.25) is 10.2 Å². The monoisotopic (exact) mass is 479 g/mol. The molecule has 1 aromatic carbocycles. The minimum absolute atomic E-state index is 0.0909. The molecule has 10 heteroatoms. The molecule has 0 saturated carbocycles. The average molecular weight is 480 g/mol. The quantitative estimate of drug-likeness (QED) is 0.377. The third-order valence-corrected chi connectivity index (χ3v) is 5.42. The van der Waals surface area contributed by atoms with Crippen LogP contribution in [0.25, 0.3) is 11.2 Å². The maximum atomic E-state index is 12.3. The van der Waals surface area contributed by atoms with E-state index < -0.39 is 0 Å². The molecule has 0 radical (unpaired) electrons. The van der Waals surface area contributed by atoms with Crippen LogP contribution in [0.2, 0.25) is 0 Å². The topological polar surface area (TPSA) is 114 Å². The van der Waals surface area contributed by atoms with Crippen molar-refractivity contribution in [1.29, 1.82) is 0 Å². The van der Waals surface area contributed by atoms with Crippen LogP contribution in [0.4, 0.5) is 22.1 Å². The van der Waals surface area contributed by atoms with Gasteiger partial charge in [0.1, 0.15) is 17.1 Å². The zero-order chi connectivity index (χ0) is 24.5. The van der Waals surface area contributed by atoms with Gasteiger partial charge < -0.3 is 20.1 Å². The molecule has 0 bridgehead atoms. The normalized spacial score (nSPS) is 14.1. The molecule has 3 aromatic rings. The Morgan fingerprint density at radius 1 is 1.11 bits per heavy atom. The van der Waals surface area contributed by atoms with E-state index in [1.54, 1.807) is 18.3 Å². The lowest BCUT2D eigenvalue weighted by atomic mass is 10.3. The van der Waals surface area contributed by atoms with Gasteiger partial charge in [0.25, 0.3) is 0 Å². The molecule has 10 nitrogen and oxygen atoms in total. The van der Waals surface area contributed by atoms with Crippen molar-refractivity contribution in [2.24, 2.45) is 0 Å². The summed E-state index contributed by atoms with van der Waals surface area (Å²) in [7, 11) is 0. The second kappa shape index (κ2) is 12.3. The van der Waals surface area contributed by atoms with Gasteiger partial charge in [0.05, 0.1) is 25.5 Å². The minimum Gasteiger partial charge on any atom is -0.491 e. The van der Waals surface area contributed by atoms with Crippen molar-refractivity contribution in [2.75, 3.05) is 50.0 Å². The maximum Gasteiger partial charge on any atom is 0.320 e. The fourth-order valence-corrected chi connectivity index (χ4v) is 3.74. The molecule has 0 atom stereocenters. The van der Waals surface area contributed by atoms with Crippen LogP contribution in [0.5, 0.6) is 5.75 Å². The average Bonchev–Trinajstić information content (AvgIpc) is 2.84. The molecule has 1 fully saturated rings. The second-order valence-electron chi connectivity index (χ2n) is 8.66. The van der Waals surface area contributed by atoms with Crippen molar-refractivity contribution in [3.8, 4) is 5.75 Å². The van der Waals surface area contributed by atoms with E-state index in [-0.39, 0.29) is 12.1 Å². The van der Waals surface area contributed by atoms with Crippen molar-refractivity contribution in [1.82, 2.24) is 25.2 Å². The molecule has 4 rings (SSSR count). The summed E-state index contributed by atoms with van der Waals surface area (Å²) in [5.74, 6) is 1.74. The number of hydrogen-bond donors (Lipinski definition) is 3. The first-order valence-corrected chi connectivity index (χ1v) is 12.1. The Kier molecular flexibility index (Phi) is 8.63. The summed E-state index contributed by atoms with van der Waals surface area (Å²) in [6, 6.07) is 10.9. The highest BCUT2D eigenvalue weighted by molar-refractivity contribution is 5.89. The first-order chi connectivity index (χ1) is 17.0. The molecule has 2 amide bonds. The molecule has 1 aliphatic heterocycles. The van der Waals surface area contributed by atoms with E-state index in [1.807, 2.05) is 38.1 Å². The van der Waals surface area contributed by atoms with Gasteiger partial charge in [-0.2, -0.15) is 0 Å². The number of benzene rings is 1. The van der Waals surface area contributed by atoms with Gasteiger partial charge >= 0.3 is 6.03 Å². The number of nitrogens with zero attached hydrogens (tertiary/aromatic N) is 4. The van der Waals surface area contributed by atoms with Crippen molar-refractivity contribution >= 4 is 34.5 Å². The highest BCUT2D eigenvalue weighted by Gasteiger charge is 2.10. The number of pyridine rings is 1. The van der Waals surface area contributed by atoms with Gasteiger partial charge in [-0.1, -0.05) is 6.07 Å². The number of carbonyl (C=O) groups is 1. The molecule has 1 aliphatic rings. The first-order valence-electron chi connectivity index (χ1n) is 12.1. The van der Waals surface area contributed by atoms with Crippen LogP contribution in [0.3, 0.4) is 0 Å². The van der Waals surface area contributed by atoms with E-state index in [0.717, 1.165) is 57.1 Å². The van der Waals surface area contributed by atoms with Gasteiger partial charge in [-0.15, -0.1) is 0 Å². The number of nitrogens with one attached hydrogen (secondary N) is 3. The minimum atomic E-state index is -0.285. The number of urea groups is 1. The summed E-state index contributed by atoms with van der Waals surface area (Å²) >= 11 is 0. The third kappa shape index (κ3) is 7.76. The Morgan fingerprint density at radius 3 is 2.77 bits per heavy atom. The number of ether oxygens (including phenoxy) is 2. The van der Waals surface area contributed by atoms with E-state index >= 15 is 0 Å². The Morgan fingerprint density at radius 2 is 1.94 bits per heavy atom. The van der Waals surface area contributed by atoms with Crippen LogP contribution in [0, 0.1) is 0 Å². The lowest BCUT2D eigenvalue weighted by molar-refractivity contribution is 0.0372. The van der Waals surface area contributed by atoms with Gasteiger partial charge in [-0.05, 0) is 57.5 Å². The number of amides is 2. The number of hydrogen-bond acceptors (Lipinski definition) is 8. The summed E-state index contributed by atoms with van der Waals surface area (Å²) in [5.41, 5.74) is 1.91. The molecule has 35 heavy (non-hydrogen) atoms. The first kappa shape index (κ1) is 24.6. The summed E-state index contributed by atoms with van der Waals surface area (Å²) in [4.78, 5) is 28.1. The number of morpholine rings is 1. The summed E-state index contributed by atoms with van der Waals surface area (Å²) in [6.45, 7) is 9.20. The summed E-state index contributed by atoms with van der Waals surface area (Å²) in [5, 5.41) is 8.89. The predicted molar refractivity (Wildman–Crippen MR) is 136 cm³/mol. The second-order valence-corrected chi connectivity index (χ2v) is 8.66. The Bertz CT molecular complexity index is 1120. The van der Waals surface area contributed by atoms with Crippen molar-refractivity contribution < 1.29 is 14.3 Å². The molecule has 0 aliphatic carbocycles. The summed E-state index contributed by atoms with van der Waals surface area (Å²) in [6.07, 6.45) is 3.69. The molecule has 3 heterocycles. The molecule has 1 saturated heterocycles. The van der Waals surface area contributed by atoms with Crippen LogP contribution < -0.4 is 20.7 Å². The van der Waals surface area contributed by atoms with Gasteiger partial charge in [-0.25, -0.2) is 19.7 Å². The molecular weight excluding hydrogens is 446 g/mol. The van der Waals surface area contributed by atoms with E-state index in [4.69, 9.17) is 9.47 Å². The smallest absolute Gasteiger partial charge is 0.320 e. The Hall–Kier alpha value is -3.50. The number of anilines is 3. The van der Waals surface area contributed by atoms with Crippen LogP contribution in [0.15, 0.2) is 42.6 Å². The van der Waals surface area contributed by atoms with E-state index in [0.29, 0.717) is 29.3 Å². The zero-order valence-corrected chi connectivity index (χ0v) is 20.3. The fourth-order valence-electron chi connectivity index (χ4n) is 3.74. The SMILES string of the molecule is CC(C)Oc1cccc(Nc2cnc3ccc(NC(=O)NCCCCN4CCOCC4)nc3n2)c1. The van der Waals surface area contributed by atoms with E-state index in [9.17, 15) is 4.79 Å². The lowest BCUT2D eigenvalue weighted by Crippen LogP contribution is -2.37. The highest BCUT2D eigenvalue weighted by atomic mass is 16.5. The van der Waals surface area contributed by atoms with Gasteiger partial charge in [0, 0.05) is 31.4 Å². The molecule has 0 unspecified atom stereocenters. The van der Waals surface area contributed by atoms with Crippen molar-refractivity contribution in [3.05, 3.63) is 42.6 Å². The largest absolute Gasteiger partial charge is 0.491 e. The lowest BCUT2D eigenvalue weighted by Gasteiger charge is -2.26. The molecular formula is C25H33N7O3. The number of fused-ring (bicyclic) bond motifs is 1. The van der Waals surface area contributed by atoms with Crippen molar-refractivity contribution in [2.45, 2.75) is 32.8 Å². The van der Waals surface area contributed by atoms with E-state index in [2.05, 4.69) is 35.8 Å². The number of carbonyl (C=O) groups excluding carboxylic acids is 1. The van der Waals surface area contributed by atoms with Gasteiger partial charge in [0.2, 0.25) is 0 Å². The standard InChI is InChI=1S/C25H33N7O3/c1-18(2)35-20-7-5-6-19(16-20)28-23-17-27-21-8-9-22(29-24(21)30-23)31-25(33)26-10-3-4-11-32-12-14-34-15-13-32/h5-9,16-18H,3-4,10-15H2,1-2H3,(H3,26,28,29,30,31,33). The molecule has 0 spiro atoms. The van der Waals surface area contributed by atoms with Crippen LogP contribution >= 0.6 is 0 Å². The summed E-state index contributed by atoms with van der Waals surface area (Å²) < 4.78 is 11.1. The zero-order valence-electron chi connectivity index (χ0n) is 20.3. The molecule has 3 N–H and O–H groups in total. The Labute approximate surface area is 205 Å². The number of rotatable bonds is 10.